The van der Waals surface area contributed by atoms with Crippen LogP contribution < -0.4 is 4.90 Å². The van der Waals surface area contributed by atoms with Crippen molar-refractivity contribution in [3.8, 4) is 0 Å². The normalized spacial score (nSPS) is 15.4. The third-order valence-corrected chi connectivity index (χ3v) is 4.05. The van der Waals surface area contributed by atoms with Gasteiger partial charge in [-0.2, -0.15) is 0 Å². The van der Waals surface area contributed by atoms with Crippen LogP contribution in [0, 0.1) is 12.8 Å². The number of pyridine rings is 1. The third kappa shape index (κ3) is 2.12. The van der Waals surface area contributed by atoms with Crippen LogP contribution in [0.2, 0.25) is 0 Å². The molecule has 106 valence electrons. The van der Waals surface area contributed by atoms with E-state index in [1.165, 1.54) is 0 Å². The van der Waals surface area contributed by atoms with Gasteiger partial charge in [0, 0.05) is 49.5 Å². The fraction of sp³-hybridized carbons (Fsp3) is 0.333. The summed E-state index contributed by atoms with van der Waals surface area (Å²) in [4.78, 5) is 19.4. The summed E-state index contributed by atoms with van der Waals surface area (Å²) in [5, 5.41) is 1.07. The first kappa shape index (κ1) is 12.3. The molecule has 0 aliphatic carbocycles. The summed E-state index contributed by atoms with van der Waals surface area (Å²) < 4.78 is 2.21. The van der Waals surface area contributed by atoms with Crippen molar-refractivity contribution in [3.63, 3.8) is 0 Å². The van der Waals surface area contributed by atoms with Crippen molar-refractivity contribution in [2.75, 3.05) is 18.0 Å². The highest BCUT2D eigenvalue weighted by molar-refractivity contribution is 5.88. The lowest BCUT2D eigenvalue weighted by Crippen LogP contribution is -2.49. The van der Waals surface area contributed by atoms with Crippen molar-refractivity contribution in [3.05, 3.63) is 43.0 Å². The van der Waals surface area contributed by atoms with E-state index in [0.717, 1.165) is 42.2 Å². The highest BCUT2D eigenvalue weighted by Gasteiger charge is 2.29. The van der Waals surface area contributed by atoms with Crippen molar-refractivity contribution in [1.29, 1.82) is 0 Å². The van der Waals surface area contributed by atoms with Crippen LogP contribution in [0.25, 0.3) is 10.9 Å². The van der Waals surface area contributed by atoms with Crippen LogP contribution in [0.1, 0.15) is 5.82 Å². The first-order valence-corrected chi connectivity index (χ1v) is 7.08. The molecule has 3 aromatic heterocycles. The standard InChI is InChI=1S/C15H16N6/c1-11-17-4-5-20(11)7-12-8-21(9-12)15-13-2-3-16-6-14(13)18-10-19-15/h2-6,10,12H,7-9H2,1H3. The number of hydrogen-bond acceptors (Lipinski definition) is 5. The first-order valence-electron chi connectivity index (χ1n) is 7.08. The Bertz CT molecular complexity index is 769. The molecule has 1 saturated heterocycles. The number of anilines is 1. The van der Waals surface area contributed by atoms with E-state index in [4.69, 9.17) is 0 Å². The Morgan fingerprint density at radius 1 is 1.19 bits per heavy atom. The van der Waals surface area contributed by atoms with E-state index in [2.05, 4.69) is 29.4 Å². The molecule has 0 saturated carbocycles. The minimum absolute atomic E-state index is 0.643. The SMILES string of the molecule is Cc1nccn1CC1CN(c2ncnc3cnccc23)C1. The number of rotatable bonds is 3. The molecule has 0 N–H and O–H groups in total. The van der Waals surface area contributed by atoms with Gasteiger partial charge in [-0.25, -0.2) is 15.0 Å². The summed E-state index contributed by atoms with van der Waals surface area (Å²) in [7, 11) is 0. The van der Waals surface area contributed by atoms with Crippen LogP contribution in [-0.4, -0.2) is 37.6 Å². The Labute approximate surface area is 122 Å². The average molecular weight is 280 g/mol. The summed E-state index contributed by atoms with van der Waals surface area (Å²) in [6.07, 6.45) is 9.10. The zero-order valence-corrected chi connectivity index (χ0v) is 11.8. The predicted molar refractivity (Wildman–Crippen MR) is 80.0 cm³/mol. The molecule has 1 aliphatic rings. The minimum atomic E-state index is 0.643. The lowest BCUT2D eigenvalue weighted by atomic mass is 9.99. The zero-order chi connectivity index (χ0) is 14.2. The van der Waals surface area contributed by atoms with Crippen LogP contribution >= 0.6 is 0 Å². The Kier molecular flexibility index (Phi) is 2.80. The minimum Gasteiger partial charge on any atom is -0.355 e. The number of hydrogen-bond donors (Lipinski definition) is 0. The van der Waals surface area contributed by atoms with Gasteiger partial charge in [0.25, 0.3) is 0 Å². The van der Waals surface area contributed by atoms with Gasteiger partial charge in [-0.15, -0.1) is 0 Å². The molecule has 6 heteroatoms. The largest absolute Gasteiger partial charge is 0.355 e. The second-order valence-corrected chi connectivity index (χ2v) is 5.49. The Morgan fingerprint density at radius 3 is 2.90 bits per heavy atom. The quantitative estimate of drug-likeness (QED) is 0.730. The maximum atomic E-state index is 4.45. The van der Waals surface area contributed by atoms with Gasteiger partial charge in [-0.1, -0.05) is 0 Å². The van der Waals surface area contributed by atoms with Crippen molar-refractivity contribution in [2.45, 2.75) is 13.5 Å². The summed E-state index contributed by atoms with van der Waals surface area (Å²) in [5.41, 5.74) is 0.899. The van der Waals surface area contributed by atoms with E-state index >= 15 is 0 Å². The lowest BCUT2D eigenvalue weighted by molar-refractivity contribution is 0.353. The van der Waals surface area contributed by atoms with Gasteiger partial charge in [0.1, 0.15) is 18.0 Å². The number of imidazole rings is 1. The van der Waals surface area contributed by atoms with Crippen LogP contribution in [0.3, 0.4) is 0 Å². The fourth-order valence-corrected chi connectivity index (χ4v) is 2.88. The first-order chi connectivity index (χ1) is 10.3. The number of aromatic nitrogens is 5. The lowest BCUT2D eigenvalue weighted by Gasteiger charge is -2.40. The summed E-state index contributed by atoms with van der Waals surface area (Å²) in [5.74, 6) is 2.73. The summed E-state index contributed by atoms with van der Waals surface area (Å²) in [6, 6.07) is 1.98. The summed E-state index contributed by atoms with van der Waals surface area (Å²) in [6.45, 7) is 5.10. The Hall–Kier alpha value is -2.50. The molecule has 0 bridgehead atoms. The fourth-order valence-electron chi connectivity index (χ4n) is 2.88. The smallest absolute Gasteiger partial charge is 0.140 e. The van der Waals surface area contributed by atoms with E-state index in [1.54, 1.807) is 18.7 Å². The molecule has 0 aromatic carbocycles. The monoisotopic (exact) mass is 280 g/mol. The second-order valence-electron chi connectivity index (χ2n) is 5.49. The van der Waals surface area contributed by atoms with Gasteiger partial charge in [0.15, 0.2) is 0 Å². The van der Waals surface area contributed by atoms with Crippen LogP contribution in [0.4, 0.5) is 5.82 Å². The van der Waals surface area contributed by atoms with Gasteiger partial charge >= 0.3 is 0 Å². The van der Waals surface area contributed by atoms with E-state index in [1.807, 2.05) is 25.4 Å². The zero-order valence-electron chi connectivity index (χ0n) is 11.8. The molecule has 6 nitrogen and oxygen atoms in total. The molecule has 21 heavy (non-hydrogen) atoms. The molecule has 0 radical (unpaired) electrons. The second kappa shape index (κ2) is 4.80. The molecule has 1 aliphatic heterocycles. The van der Waals surface area contributed by atoms with E-state index in [-0.39, 0.29) is 0 Å². The van der Waals surface area contributed by atoms with Gasteiger partial charge in [0.2, 0.25) is 0 Å². The van der Waals surface area contributed by atoms with E-state index in [0.29, 0.717) is 5.92 Å². The molecule has 4 rings (SSSR count). The third-order valence-electron chi connectivity index (χ3n) is 4.05. The molecule has 0 atom stereocenters. The topological polar surface area (TPSA) is 59.7 Å². The number of fused-ring (bicyclic) bond motifs is 1. The predicted octanol–water partition coefficient (Wildman–Crippen LogP) is 1.67. The highest BCUT2D eigenvalue weighted by atomic mass is 15.3. The average Bonchev–Trinajstić information content (AvgIpc) is 2.87. The van der Waals surface area contributed by atoms with Gasteiger partial charge in [0.05, 0.1) is 11.7 Å². The van der Waals surface area contributed by atoms with Crippen molar-refractivity contribution < 1.29 is 0 Å². The highest BCUT2D eigenvalue weighted by Crippen LogP contribution is 2.29. The number of nitrogens with zero attached hydrogens (tertiary/aromatic N) is 6. The molecular formula is C15H16N6. The van der Waals surface area contributed by atoms with Gasteiger partial charge in [-0.05, 0) is 13.0 Å². The van der Waals surface area contributed by atoms with Gasteiger partial charge in [-0.3, -0.25) is 4.98 Å². The van der Waals surface area contributed by atoms with E-state index < -0.39 is 0 Å². The molecule has 3 aromatic rings. The molecule has 0 unspecified atom stereocenters. The van der Waals surface area contributed by atoms with Gasteiger partial charge < -0.3 is 9.47 Å². The maximum Gasteiger partial charge on any atom is 0.140 e. The molecule has 0 amide bonds. The Balaban J connectivity index is 1.51. The molecular weight excluding hydrogens is 264 g/mol. The maximum absolute atomic E-state index is 4.45. The van der Waals surface area contributed by atoms with Crippen molar-refractivity contribution >= 4 is 16.7 Å². The molecule has 0 spiro atoms. The van der Waals surface area contributed by atoms with Crippen LogP contribution in [-0.2, 0) is 6.54 Å². The Morgan fingerprint density at radius 2 is 2.10 bits per heavy atom. The van der Waals surface area contributed by atoms with Crippen molar-refractivity contribution in [1.82, 2.24) is 24.5 Å². The molecule has 4 heterocycles. The number of aryl methyl sites for hydroxylation is 1. The van der Waals surface area contributed by atoms with E-state index in [9.17, 15) is 0 Å². The van der Waals surface area contributed by atoms with Crippen LogP contribution in [0.5, 0.6) is 0 Å². The molecule has 1 fully saturated rings. The van der Waals surface area contributed by atoms with Crippen molar-refractivity contribution in [2.24, 2.45) is 5.92 Å². The summed E-state index contributed by atoms with van der Waals surface area (Å²) >= 11 is 0. The van der Waals surface area contributed by atoms with Crippen LogP contribution in [0.15, 0.2) is 37.2 Å².